The summed E-state index contributed by atoms with van der Waals surface area (Å²) in [7, 11) is -2.09. The zero-order valence-corrected chi connectivity index (χ0v) is 15.7. The van der Waals surface area contributed by atoms with Gasteiger partial charge >= 0.3 is 5.97 Å². The van der Waals surface area contributed by atoms with E-state index in [9.17, 15) is 23.1 Å². The monoisotopic (exact) mass is 383 g/mol. The fraction of sp³-hybridized carbons (Fsp3) is 0.529. The number of aromatic nitrogens is 1. The van der Waals surface area contributed by atoms with Crippen molar-refractivity contribution in [2.45, 2.75) is 43.0 Å². The number of hydrogen-bond donors (Lipinski definition) is 2. The molecule has 0 aromatic carbocycles. The van der Waals surface area contributed by atoms with Crippen LogP contribution in [0.1, 0.15) is 42.6 Å². The molecular formula is C17H25N3O5S. The van der Waals surface area contributed by atoms with E-state index in [1.54, 1.807) is 13.1 Å². The highest BCUT2D eigenvalue weighted by Crippen LogP contribution is 2.22. The van der Waals surface area contributed by atoms with E-state index in [0.717, 1.165) is 19.3 Å². The minimum Gasteiger partial charge on any atom is -0.480 e. The van der Waals surface area contributed by atoms with Gasteiger partial charge in [-0.2, -0.15) is 4.31 Å². The average molecular weight is 383 g/mol. The summed E-state index contributed by atoms with van der Waals surface area (Å²) in [6.07, 6.45) is 6.28. The second-order valence-corrected chi connectivity index (χ2v) is 8.30. The maximum atomic E-state index is 12.7. The highest BCUT2D eigenvalue weighted by atomic mass is 32.2. The van der Waals surface area contributed by atoms with Crippen LogP contribution in [0.4, 0.5) is 0 Å². The van der Waals surface area contributed by atoms with E-state index in [-0.39, 0.29) is 17.0 Å². The van der Waals surface area contributed by atoms with E-state index in [2.05, 4.69) is 11.9 Å². The lowest BCUT2D eigenvalue weighted by Crippen LogP contribution is -2.41. The van der Waals surface area contributed by atoms with Crippen molar-refractivity contribution in [3.63, 3.8) is 0 Å². The van der Waals surface area contributed by atoms with Crippen molar-refractivity contribution in [1.29, 1.82) is 0 Å². The number of carbonyl (C=O) groups excluding carboxylic acids is 1. The molecule has 1 saturated heterocycles. The number of carbonyl (C=O) groups is 2. The number of nitrogens with zero attached hydrogens (tertiary/aromatic N) is 2. The van der Waals surface area contributed by atoms with Crippen LogP contribution in [0, 0.1) is 0 Å². The number of allylic oxidation sites excluding steroid dienone is 1. The molecule has 0 saturated carbocycles. The van der Waals surface area contributed by atoms with Gasteiger partial charge in [0.2, 0.25) is 10.0 Å². The molecule has 144 valence electrons. The van der Waals surface area contributed by atoms with Crippen LogP contribution in [0.25, 0.3) is 0 Å². The van der Waals surface area contributed by atoms with E-state index in [4.69, 9.17) is 0 Å². The maximum Gasteiger partial charge on any atom is 0.326 e. The Kier molecular flexibility index (Phi) is 6.60. The predicted molar refractivity (Wildman–Crippen MR) is 96.3 cm³/mol. The van der Waals surface area contributed by atoms with Gasteiger partial charge in [-0.05, 0) is 31.7 Å². The molecule has 1 aromatic heterocycles. The Hall–Kier alpha value is -2.13. The van der Waals surface area contributed by atoms with Gasteiger partial charge in [0, 0.05) is 26.3 Å². The molecule has 2 N–H and O–H groups in total. The first kappa shape index (κ1) is 20.2. The first-order valence-electron chi connectivity index (χ1n) is 8.58. The number of aliphatic carboxylic acids is 1. The van der Waals surface area contributed by atoms with Gasteiger partial charge in [0.15, 0.2) is 0 Å². The highest BCUT2D eigenvalue weighted by molar-refractivity contribution is 7.89. The zero-order chi connectivity index (χ0) is 19.3. The molecule has 1 aliphatic rings. The molecule has 0 spiro atoms. The first-order chi connectivity index (χ1) is 12.3. The number of rotatable bonds is 8. The largest absolute Gasteiger partial charge is 0.480 e. The molecule has 0 bridgehead atoms. The van der Waals surface area contributed by atoms with Crippen LogP contribution < -0.4 is 5.32 Å². The number of aryl methyl sites for hydroxylation is 1. The number of carboxylic acids is 1. The molecular weight excluding hydrogens is 358 g/mol. The van der Waals surface area contributed by atoms with Crippen LogP contribution >= 0.6 is 0 Å². The van der Waals surface area contributed by atoms with E-state index in [1.165, 1.54) is 21.1 Å². The van der Waals surface area contributed by atoms with Gasteiger partial charge in [0.25, 0.3) is 5.91 Å². The molecule has 2 rings (SSSR count). The normalized spacial score (nSPS) is 16.8. The molecule has 9 heteroatoms. The van der Waals surface area contributed by atoms with Crippen LogP contribution in [0.3, 0.4) is 0 Å². The van der Waals surface area contributed by atoms with E-state index in [1.807, 2.05) is 0 Å². The predicted octanol–water partition coefficient (Wildman–Crippen LogP) is 1.35. The summed E-state index contributed by atoms with van der Waals surface area (Å²) in [6.45, 7) is 4.48. The van der Waals surface area contributed by atoms with E-state index < -0.39 is 27.9 Å². The highest BCUT2D eigenvalue weighted by Gasteiger charge is 2.29. The van der Waals surface area contributed by atoms with Crippen molar-refractivity contribution < 1.29 is 23.1 Å². The lowest BCUT2D eigenvalue weighted by Gasteiger charge is -2.25. The van der Waals surface area contributed by atoms with E-state index in [0.29, 0.717) is 19.5 Å². The topological polar surface area (TPSA) is 109 Å². The fourth-order valence-electron chi connectivity index (χ4n) is 2.93. The molecule has 1 unspecified atom stereocenters. The molecule has 0 aliphatic carbocycles. The molecule has 26 heavy (non-hydrogen) atoms. The van der Waals surface area contributed by atoms with Gasteiger partial charge in [-0.15, -0.1) is 6.58 Å². The summed E-state index contributed by atoms with van der Waals surface area (Å²) in [6, 6.07) is 0.239. The summed E-state index contributed by atoms with van der Waals surface area (Å²) in [5, 5.41) is 11.6. The van der Waals surface area contributed by atoms with Crippen LogP contribution in [-0.2, 0) is 21.9 Å². The lowest BCUT2D eigenvalue weighted by molar-refractivity contribution is -0.139. The number of amides is 1. The fourth-order valence-corrected chi connectivity index (χ4v) is 4.52. The Labute approximate surface area is 153 Å². The molecule has 1 fully saturated rings. The molecule has 1 amide bonds. The number of sulfonamides is 1. The second-order valence-electron chi connectivity index (χ2n) is 6.37. The Bertz CT molecular complexity index is 778. The third-order valence-corrected chi connectivity index (χ3v) is 6.29. The van der Waals surface area contributed by atoms with Crippen LogP contribution in [0.2, 0.25) is 0 Å². The number of piperidine rings is 1. The van der Waals surface area contributed by atoms with Gasteiger partial charge in [0.1, 0.15) is 16.6 Å². The Morgan fingerprint density at radius 1 is 1.35 bits per heavy atom. The van der Waals surface area contributed by atoms with Crippen molar-refractivity contribution in [1.82, 2.24) is 14.2 Å². The van der Waals surface area contributed by atoms with Crippen LogP contribution in [-0.4, -0.2) is 53.4 Å². The summed E-state index contributed by atoms with van der Waals surface area (Å²) in [5.74, 6) is -1.76. The zero-order valence-electron chi connectivity index (χ0n) is 14.8. The minimum atomic E-state index is -3.65. The number of carboxylic acid groups (broad SMARTS) is 1. The Morgan fingerprint density at radius 3 is 2.58 bits per heavy atom. The second kappa shape index (κ2) is 8.50. The summed E-state index contributed by atoms with van der Waals surface area (Å²) in [4.78, 5) is 23.7. The smallest absolute Gasteiger partial charge is 0.326 e. The average Bonchev–Trinajstić information content (AvgIpc) is 3.01. The van der Waals surface area contributed by atoms with E-state index >= 15 is 0 Å². The quantitative estimate of drug-likeness (QED) is 0.659. The number of hydrogen-bond acceptors (Lipinski definition) is 4. The Balaban J connectivity index is 2.19. The molecule has 1 aliphatic heterocycles. The van der Waals surface area contributed by atoms with Gasteiger partial charge in [-0.25, -0.2) is 13.2 Å². The summed E-state index contributed by atoms with van der Waals surface area (Å²) >= 11 is 0. The van der Waals surface area contributed by atoms with Crippen LogP contribution in [0.15, 0.2) is 29.8 Å². The van der Waals surface area contributed by atoms with Gasteiger partial charge in [-0.3, -0.25) is 4.79 Å². The van der Waals surface area contributed by atoms with Crippen molar-refractivity contribution in [3.8, 4) is 0 Å². The molecule has 0 radical (unpaired) electrons. The standard InChI is InChI=1S/C17H25N3O5S/c1-3-4-8-14(17(22)23)18-16(21)15-11-13(12-19(15)2)26(24,25)20-9-6-5-7-10-20/h3,11-12,14H,1,4-10H2,2H3,(H,18,21)(H,22,23). The Morgan fingerprint density at radius 2 is 2.00 bits per heavy atom. The maximum absolute atomic E-state index is 12.7. The van der Waals surface area contributed by atoms with Crippen molar-refractivity contribution in [2.24, 2.45) is 7.05 Å². The molecule has 8 nitrogen and oxygen atoms in total. The molecule has 1 aromatic rings. The van der Waals surface area contributed by atoms with Crippen molar-refractivity contribution in [3.05, 3.63) is 30.6 Å². The van der Waals surface area contributed by atoms with Crippen molar-refractivity contribution >= 4 is 21.9 Å². The third-order valence-electron chi connectivity index (χ3n) is 4.43. The van der Waals surface area contributed by atoms with Gasteiger partial charge < -0.3 is 15.0 Å². The minimum absolute atomic E-state index is 0.0463. The third kappa shape index (κ3) is 4.53. The summed E-state index contributed by atoms with van der Waals surface area (Å²) < 4.78 is 28.3. The number of nitrogens with one attached hydrogen (secondary N) is 1. The molecule has 2 heterocycles. The molecule has 1 atom stereocenters. The SMILES string of the molecule is C=CCCC(NC(=O)c1cc(S(=O)(=O)N2CCCCC2)cn1C)C(=O)O. The van der Waals surface area contributed by atoms with Crippen molar-refractivity contribution in [2.75, 3.05) is 13.1 Å². The van der Waals surface area contributed by atoms with Gasteiger partial charge in [0.05, 0.1) is 0 Å². The lowest BCUT2D eigenvalue weighted by atomic mass is 10.1. The van der Waals surface area contributed by atoms with Gasteiger partial charge in [-0.1, -0.05) is 12.5 Å². The first-order valence-corrected chi connectivity index (χ1v) is 10.0. The summed E-state index contributed by atoms with van der Waals surface area (Å²) in [5.41, 5.74) is 0.102. The van der Waals surface area contributed by atoms with Crippen LogP contribution in [0.5, 0.6) is 0 Å².